The van der Waals surface area contributed by atoms with Crippen molar-refractivity contribution in [2.75, 3.05) is 13.3 Å². The molecule has 0 bridgehead atoms. The van der Waals surface area contributed by atoms with Gasteiger partial charge in [-0.3, -0.25) is 4.57 Å². The smallest absolute Gasteiger partial charge is 0.308 e. The predicted molar refractivity (Wildman–Crippen MR) is 48.4 cm³/mol. The van der Waals surface area contributed by atoms with Crippen molar-refractivity contribution in [1.82, 2.24) is 0 Å². The predicted octanol–water partition coefficient (Wildman–Crippen LogP) is 2.66. The maximum absolute atomic E-state index is 11.4. The molecule has 1 heterocycles. The summed E-state index contributed by atoms with van der Waals surface area (Å²) in [6, 6.07) is 0. The first-order chi connectivity index (χ1) is 5.55. The van der Waals surface area contributed by atoms with Gasteiger partial charge in [-0.1, -0.05) is 20.3 Å². The van der Waals surface area contributed by atoms with Crippen molar-refractivity contribution in [3.8, 4) is 0 Å². The Morgan fingerprint density at radius 1 is 1.58 bits per heavy atom. The zero-order valence-corrected chi connectivity index (χ0v) is 8.84. The Morgan fingerprint density at radius 3 is 2.83 bits per heavy atom. The van der Waals surface area contributed by atoms with E-state index >= 15 is 0 Å². The lowest BCUT2D eigenvalue weighted by molar-refractivity contribution is 0.0319. The molecule has 0 aromatic rings. The van der Waals surface area contributed by atoms with E-state index in [-0.39, 0.29) is 6.10 Å². The van der Waals surface area contributed by atoms with Crippen molar-refractivity contribution in [2.24, 2.45) is 5.92 Å². The minimum atomic E-state index is -2.71. The van der Waals surface area contributed by atoms with Crippen LogP contribution < -0.4 is 0 Å². The maximum Gasteiger partial charge on any atom is 0.327 e. The first kappa shape index (κ1) is 10.2. The quantitative estimate of drug-likeness (QED) is 0.631. The van der Waals surface area contributed by atoms with Crippen molar-refractivity contribution in [3.63, 3.8) is 0 Å². The second-order valence-corrected chi connectivity index (χ2v) is 5.49. The lowest BCUT2D eigenvalue weighted by atomic mass is 10.0. The molecule has 0 saturated carbocycles. The van der Waals surface area contributed by atoms with E-state index in [2.05, 4.69) is 13.8 Å². The number of hydrogen-bond acceptors (Lipinski definition) is 3. The van der Waals surface area contributed by atoms with Gasteiger partial charge in [0, 0.05) is 12.6 Å². The van der Waals surface area contributed by atoms with Gasteiger partial charge in [-0.25, -0.2) is 0 Å². The van der Waals surface area contributed by atoms with E-state index in [0.29, 0.717) is 12.5 Å². The summed E-state index contributed by atoms with van der Waals surface area (Å²) in [5.74, 6) is 0.368. The highest BCUT2D eigenvalue weighted by atomic mass is 31.2. The fourth-order valence-corrected chi connectivity index (χ4v) is 2.73. The van der Waals surface area contributed by atoms with E-state index in [1.807, 2.05) is 0 Å². The van der Waals surface area contributed by atoms with E-state index in [0.717, 1.165) is 12.8 Å². The van der Waals surface area contributed by atoms with Crippen LogP contribution in [-0.2, 0) is 13.6 Å². The Balaban J connectivity index is 2.53. The molecule has 4 heteroatoms. The molecule has 0 radical (unpaired) electrons. The first-order valence-electron chi connectivity index (χ1n) is 4.45. The minimum Gasteiger partial charge on any atom is -0.308 e. The molecule has 0 aromatic heterocycles. The summed E-state index contributed by atoms with van der Waals surface area (Å²) in [5, 5.41) is 0. The summed E-state index contributed by atoms with van der Waals surface area (Å²) in [6.07, 6.45) is 2.16. The van der Waals surface area contributed by atoms with Gasteiger partial charge in [-0.2, -0.15) is 0 Å². The molecular weight excluding hydrogens is 175 g/mol. The van der Waals surface area contributed by atoms with Gasteiger partial charge >= 0.3 is 7.60 Å². The molecule has 1 saturated heterocycles. The number of rotatable bonds is 2. The highest BCUT2D eigenvalue weighted by Crippen LogP contribution is 2.50. The lowest BCUT2D eigenvalue weighted by Crippen LogP contribution is -2.29. The van der Waals surface area contributed by atoms with E-state index in [9.17, 15) is 4.57 Å². The van der Waals surface area contributed by atoms with Crippen LogP contribution in [-0.4, -0.2) is 19.4 Å². The second-order valence-electron chi connectivity index (χ2n) is 3.48. The average Bonchev–Trinajstić information content (AvgIpc) is 1.97. The standard InChI is InChI=1S/C8H17O3P/c1-4-5-8-7(2)6-10-12(3,9)11-8/h7-8H,4-6H2,1-3H3. The largest absolute Gasteiger partial charge is 0.327 e. The molecule has 1 aliphatic rings. The van der Waals surface area contributed by atoms with Crippen LogP contribution in [0.5, 0.6) is 0 Å². The molecule has 72 valence electrons. The Hall–Kier alpha value is 0.150. The third kappa shape index (κ3) is 2.58. The van der Waals surface area contributed by atoms with Gasteiger partial charge in [0.15, 0.2) is 0 Å². The fourth-order valence-electron chi connectivity index (χ4n) is 1.36. The summed E-state index contributed by atoms with van der Waals surface area (Å²) >= 11 is 0. The van der Waals surface area contributed by atoms with Crippen LogP contribution in [0.4, 0.5) is 0 Å². The molecule has 0 spiro atoms. The summed E-state index contributed by atoms with van der Waals surface area (Å²) in [4.78, 5) is 0. The minimum absolute atomic E-state index is 0.125. The molecule has 0 aromatic carbocycles. The molecule has 1 fully saturated rings. The molecule has 0 amide bonds. The van der Waals surface area contributed by atoms with Crippen LogP contribution in [0.15, 0.2) is 0 Å². The Kier molecular flexibility index (Phi) is 3.33. The van der Waals surface area contributed by atoms with Crippen molar-refractivity contribution < 1.29 is 13.6 Å². The highest BCUT2D eigenvalue weighted by Gasteiger charge is 2.32. The van der Waals surface area contributed by atoms with Crippen molar-refractivity contribution >= 4 is 7.60 Å². The van der Waals surface area contributed by atoms with Gasteiger partial charge in [0.1, 0.15) is 0 Å². The van der Waals surface area contributed by atoms with E-state index in [1.54, 1.807) is 6.66 Å². The van der Waals surface area contributed by atoms with Crippen LogP contribution in [0.25, 0.3) is 0 Å². The van der Waals surface area contributed by atoms with Gasteiger partial charge < -0.3 is 9.05 Å². The lowest BCUT2D eigenvalue weighted by Gasteiger charge is -2.32. The fraction of sp³-hybridized carbons (Fsp3) is 1.00. The Labute approximate surface area is 74.0 Å². The molecule has 1 aliphatic heterocycles. The van der Waals surface area contributed by atoms with Crippen molar-refractivity contribution in [2.45, 2.75) is 32.8 Å². The van der Waals surface area contributed by atoms with Gasteiger partial charge in [-0.05, 0) is 6.42 Å². The van der Waals surface area contributed by atoms with Crippen LogP contribution in [0.3, 0.4) is 0 Å². The average molecular weight is 192 g/mol. The molecule has 12 heavy (non-hydrogen) atoms. The maximum atomic E-state index is 11.4. The van der Waals surface area contributed by atoms with E-state index < -0.39 is 7.60 Å². The highest BCUT2D eigenvalue weighted by molar-refractivity contribution is 7.53. The normalized spacial score (nSPS) is 42.9. The molecule has 1 rings (SSSR count). The third-order valence-corrected chi connectivity index (χ3v) is 3.38. The molecule has 0 N–H and O–H groups in total. The monoisotopic (exact) mass is 192 g/mol. The number of hydrogen-bond donors (Lipinski definition) is 0. The van der Waals surface area contributed by atoms with Gasteiger partial charge in [0.05, 0.1) is 12.7 Å². The Morgan fingerprint density at radius 2 is 2.25 bits per heavy atom. The zero-order chi connectivity index (χ0) is 9.19. The van der Waals surface area contributed by atoms with Gasteiger partial charge in [0.25, 0.3) is 0 Å². The topological polar surface area (TPSA) is 35.5 Å². The van der Waals surface area contributed by atoms with Crippen LogP contribution in [0, 0.1) is 5.92 Å². The molecule has 3 nitrogen and oxygen atoms in total. The van der Waals surface area contributed by atoms with E-state index in [1.165, 1.54) is 0 Å². The summed E-state index contributed by atoms with van der Waals surface area (Å²) in [6.45, 7) is 6.28. The van der Waals surface area contributed by atoms with Gasteiger partial charge in [0.2, 0.25) is 0 Å². The van der Waals surface area contributed by atoms with Crippen LogP contribution in [0.1, 0.15) is 26.7 Å². The Bertz CT molecular complexity index is 193. The van der Waals surface area contributed by atoms with Gasteiger partial charge in [-0.15, -0.1) is 0 Å². The SMILES string of the molecule is CCCC1OP(C)(=O)OCC1C. The van der Waals surface area contributed by atoms with Crippen molar-refractivity contribution in [3.05, 3.63) is 0 Å². The van der Waals surface area contributed by atoms with Crippen molar-refractivity contribution in [1.29, 1.82) is 0 Å². The molecule has 0 aliphatic carbocycles. The summed E-state index contributed by atoms with van der Waals surface area (Å²) in [7, 11) is -2.71. The third-order valence-electron chi connectivity index (χ3n) is 2.11. The first-order valence-corrected chi connectivity index (χ1v) is 6.44. The molecular formula is C8H17O3P. The second kappa shape index (κ2) is 3.91. The summed E-state index contributed by atoms with van der Waals surface area (Å²) < 4.78 is 21.9. The van der Waals surface area contributed by atoms with Crippen LogP contribution >= 0.6 is 7.60 Å². The van der Waals surface area contributed by atoms with Crippen LogP contribution in [0.2, 0.25) is 0 Å². The summed E-state index contributed by atoms with van der Waals surface area (Å²) in [5.41, 5.74) is 0. The molecule has 3 atom stereocenters. The van der Waals surface area contributed by atoms with E-state index in [4.69, 9.17) is 9.05 Å². The zero-order valence-electron chi connectivity index (χ0n) is 7.95. The molecule has 3 unspecified atom stereocenters.